The fourth-order valence-electron chi connectivity index (χ4n) is 2.36. The van der Waals surface area contributed by atoms with E-state index >= 15 is 0 Å². The van der Waals surface area contributed by atoms with Crippen LogP contribution in [0.4, 0.5) is 10.5 Å². The van der Waals surface area contributed by atoms with E-state index in [0.717, 1.165) is 36.6 Å². The van der Waals surface area contributed by atoms with Crippen LogP contribution in [0.15, 0.2) is 24.3 Å². The van der Waals surface area contributed by atoms with Crippen molar-refractivity contribution in [1.29, 1.82) is 0 Å². The first-order valence-electron chi connectivity index (χ1n) is 8.65. The molecule has 0 radical (unpaired) electrons. The highest BCUT2D eigenvalue weighted by atomic mass is 16.5. The highest BCUT2D eigenvalue weighted by Gasteiger charge is 2.25. The van der Waals surface area contributed by atoms with Crippen LogP contribution in [0.5, 0.6) is 0 Å². The summed E-state index contributed by atoms with van der Waals surface area (Å²) in [7, 11) is 0. The van der Waals surface area contributed by atoms with E-state index in [1.54, 1.807) is 6.92 Å². The SMILES string of the molecule is CC(Nc1cccc(COCC2CC2)c1)C(=O)NC(=O)NC1CC1. The van der Waals surface area contributed by atoms with E-state index in [-0.39, 0.29) is 11.9 Å². The molecule has 0 aromatic heterocycles. The van der Waals surface area contributed by atoms with Gasteiger partial charge in [-0.25, -0.2) is 4.79 Å². The molecule has 0 bridgehead atoms. The summed E-state index contributed by atoms with van der Waals surface area (Å²) in [6.07, 6.45) is 4.54. The minimum absolute atomic E-state index is 0.230. The third-order valence-electron chi connectivity index (χ3n) is 4.17. The second-order valence-corrected chi connectivity index (χ2v) is 6.76. The van der Waals surface area contributed by atoms with Gasteiger partial charge in [0.15, 0.2) is 0 Å². The van der Waals surface area contributed by atoms with Gasteiger partial charge in [-0.05, 0) is 56.2 Å². The van der Waals surface area contributed by atoms with E-state index in [4.69, 9.17) is 4.74 Å². The summed E-state index contributed by atoms with van der Waals surface area (Å²) in [6, 6.07) is 7.12. The monoisotopic (exact) mass is 331 g/mol. The van der Waals surface area contributed by atoms with Gasteiger partial charge in [0.25, 0.3) is 0 Å². The molecule has 3 N–H and O–H groups in total. The first-order chi connectivity index (χ1) is 11.6. The van der Waals surface area contributed by atoms with Crippen molar-refractivity contribution in [3.05, 3.63) is 29.8 Å². The number of benzene rings is 1. The van der Waals surface area contributed by atoms with Crippen molar-refractivity contribution in [2.24, 2.45) is 5.92 Å². The third kappa shape index (κ3) is 5.53. The Balaban J connectivity index is 1.44. The normalized spacial score (nSPS) is 17.9. The maximum Gasteiger partial charge on any atom is 0.321 e. The lowest BCUT2D eigenvalue weighted by molar-refractivity contribution is -0.120. The van der Waals surface area contributed by atoms with E-state index in [1.165, 1.54) is 12.8 Å². The van der Waals surface area contributed by atoms with Crippen LogP contribution in [0.25, 0.3) is 0 Å². The number of ether oxygens (including phenoxy) is 1. The lowest BCUT2D eigenvalue weighted by atomic mass is 10.2. The minimum Gasteiger partial charge on any atom is -0.376 e. The van der Waals surface area contributed by atoms with Gasteiger partial charge in [0.05, 0.1) is 6.61 Å². The summed E-state index contributed by atoms with van der Waals surface area (Å²) in [5, 5.41) is 8.22. The van der Waals surface area contributed by atoms with Gasteiger partial charge >= 0.3 is 6.03 Å². The van der Waals surface area contributed by atoms with Crippen LogP contribution in [0, 0.1) is 5.92 Å². The van der Waals surface area contributed by atoms with Gasteiger partial charge in [-0.2, -0.15) is 0 Å². The summed E-state index contributed by atoms with van der Waals surface area (Å²) >= 11 is 0. The molecule has 24 heavy (non-hydrogen) atoms. The van der Waals surface area contributed by atoms with Gasteiger partial charge in [-0.15, -0.1) is 0 Å². The lowest BCUT2D eigenvalue weighted by Crippen LogP contribution is -2.46. The zero-order valence-corrected chi connectivity index (χ0v) is 14.0. The van der Waals surface area contributed by atoms with Gasteiger partial charge in [0.2, 0.25) is 5.91 Å². The second-order valence-electron chi connectivity index (χ2n) is 6.76. The van der Waals surface area contributed by atoms with Crippen molar-refractivity contribution < 1.29 is 14.3 Å². The van der Waals surface area contributed by atoms with E-state index in [9.17, 15) is 9.59 Å². The molecule has 2 fully saturated rings. The van der Waals surface area contributed by atoms with Crippen molar-refractivity contribution in [3.63, 3.8) is 0 Å². The quantitative estimate of drug-likeness (QED) is 0.683. The van der Waals surface area contributed by atoms with Crippen molar-refractivity contribution in [3.8, 4) is 0 Å². The third-order valence-corrected chi connectivity index (χ3v) is 4.17. The molecule has 2 saturated carbocycles. The molecule has 0 heterocycles. The van der Waals surface area contributed by atoms with Gasteiger partial charge in [-0.1, -0.05) is 12.1 Å². The zero-order valence-electron chi connectivity index (χ0n) is 14.0. The topological polar surface area (TPSA) is 79.5 Å². The zero-order chi connectivity index (χ0) is 16.9. The van der Waals surface area contributed by atoms with Gasteiger partial charge in [-0.3, -0.25) is 10.1 Å². The summed E-state index contributed by atoms with van der Waals surface area (Å²) < 4.78 is 5.69. The Labute approximate surface area is 142 Å². The highest BCUT2D eigenvalue weighted by Crippen LogP contribution is 2.29. The molecule has 1 unspecified atom stereocenters. The molecule has 6 nitrogen and oxygen atoms in total. The van der Waals surface area contributed by atoms with Crippen molar-refractivity contribution in [2.75, 3.05) is 11.9 Å². The lowest BCUT2D eigenvalue weighted by Gasteiger charge is -2.15. The summed E-state index contributed by atoms with van der Waals surface area (Å²) in [4.78, 5) is 23.6. The molecule has 1 aromatic carbocycles. The van der Waals surface area contributed by atoms with Crippen molar-refractivity contribution in [2.45, 2.75) is 51.3 Å². The van der Waals surface area contributed by atoms with E-state index < -0.39 is 12.1 Å². The molecular formula is C18H25N3O3. The molecule has 2 aliphatic rings. The molecule has 130 valence electrons. The van der Waals surface area contributed by atoms with Crippen LogP contribution < -0.4 is 16.0 Å². The summed E-state index contributed by atoms with van der Waals surface area (Å²) in [5.74, 6) is 0.403. The van der Waals surface area contributed by atoms with Gasteiger partial charge < -0.3 is 15.4 Å². The van der Waals surface area contributed by atoms with Gasteiger partial charge in [0, 0.05) is 18.3 Å². The Morgan fingerprint density at radius 2 is 2.04 bits per heavy atom. The molecule has 1 aromatic rings. The largest absolute Gasteiger partial charge is 0.376 e. The number of carbonyl (C=O) groups excluding carboxylic acids is 2. The Bertz CT molecular complexity index is 597. The summed E-state index contributed by atoms with van der Waals surface area (Å²) in [6.45, 7) is 3.14. The molecule has 0 saturated heterocycles. The molecule has 1 atom stereocenters. The van der Waals surface area contributed by atoms with E-state index in [1.807, 2.05) is 24.3 Å². The first kappa shape index (κ1) is 16.8. The molecule has 0 aliphatic heterocycles. The van der Waals surface area contributed by atoms with Crippen LogP contribution in [-0.2, 0) is 16.1 Å². The number of amides is 3. The number of carbonyl (C=O) groups is 2. The minimum atomic E-state index is -0.502. The average Bonchev–Trinajstić information content (AvgIpc) is 3.43. The molecular weight excluding hydrogens is 306 g/mol. The van der Waals surface area contributed by atoms with Crippen LogP contribution in [0.3, 0.4) is 0 Å². The van der Waals surface area contributed by atoms with Crippen LogP contribution in [-0.4, -0.2) is 30.6 Å². The molecule has 6 heteroatoms. The first-order valence-corrected chi connectivity index (χ1v) is 8.65. The van der Waals surface area contributed by atoms with Gasteiger partial charge in [0.1, 0.15) is 6.04 Å². The summed E-state index contributed by atoms with van der Waals surface area (Å²) in [5.41, 5.74) is 1.91. The molecule has 0 spiro atoms. The predicted molar refractivity (Wildman–Crippen MR) is 91.6 cm³/mol. The fourth-order valence-corrected chi connectivity index (χ4v) is 2.36. The standard InChI is InChI=1S/C18H25N3O3/c1-12(17(22)21-18(23)20-15-7-8-15)19-16-4-2-3-14(9-16)11-24-10-13-5-6-13/h2-4,9,12-13,15,19H,5-8,10-11H2,1H3,(H2,20,21,22,23). The smallest absolute Gasteiger partial charge is 0.321 e. The Morgan fingerprint density at radius 1 is 1.25 bits per heavy atom. The van der Waals surface area contributed by atoms with Crippen LogP contribution in [0.1, 0.15) is 38.2 Å². The van der Waals surface area contributed by atoms with Crippen LogP contribution in [0.2, 0.25) is 0 Å². The maximum atomic E-state index is 12.0. The predicted octanol–water partition coefficient (Wildman–Crippen LogP) is 2.40. The Hall–Kier alpha value is -2.08. The van der Waals surface area contributed by atoms with Crippen LogP contribution >= 0.6 is 0 Å². The highest BCUT2D eigenvalue weighted by molar-refractivity contribution is 5.98. The molecule has 3 amide bonds. The second kappa shape index (κ2) is 7.66. The molecule has 3 rings (SSSR count). The average molecular weight is 331 g/mol. The number of hydrogen-bond donors (Lipinski definition) is 3. The van der Waals surface area contributed by atoms with E-state index in [0.29, 0.717) is 6.61 Å². The fraction of sp³-hybridized carbons (Fsp3) is 0.556. The van der Waals surface area contributed by atoms with Crippen molar-refractivity contribution in [1.82, 2.24) is 10.6 Å². The number of nitrogens with one attached hydrogen (secondary N) is 3. The maximum absolute atomic E-state index is 12.0. The molecule has 2 aliphatic carbocycles. The van der Waals surface area contributed by atoms with Crippen molar-refractivity contribution >= 4 is 17.6 Å². The van der Waals surface area contributed by atoms with E-state index in [2.05, 4.69) is 16.0 Å². The number of rotatable bonds is 8. The number of urea groups is 1. The number of imide groups is 1. The number of hydrogen-bond acceptors (Lipinski definition) is 4. The Kier molecular flexibility index (Phi) is 5.35. The Morgan fingerprint density at radius 3 is 2.75 bits per heavy atom. The number of anilines is 1.